The summed E-state index contributed by atoms with van der Waals surface area (Å²) in [5, 5.41) is 4.34. The molecule has 0 fully saturated rings. The Kier molecular flexibility index (Phi) is 4.14. The van der Waals surface area contributed by atoms with E-state index in [1.807, 2.05) is 6.92 Å². The van der Waals surface area contributed by atoms with E-state index in [1.54, 1.807) is 23.9 Å². The van der Waals surface area contributed by atoms with E-state index in [4.69, 9.17) is 0 Å². The molecule has 1 aromatic carbocycles. The summed E-state index contributed by atoms with van der Waals surface area (Å²) in [6.07, 6.45) is 0.996. The third-order valence-corrected chi connectivity index (χ3v) is 3.89. The second-order valence-electron chi connectivity index (χ2n) is 4.29. The first-order valence-corrected chi connectivity index (χ1v) is 6.81. The van der Waals surface area contributed by atoms with Gasteiger partial charge in [0.2, 0.25) is 0 Å². The minimum atomic E-state index is -0.399. The largest absolute Gasteiger partial charge is 0.294 e. The fourth-order valence-corrected chi connectivity index (χ4v) is 2.68. The summed E-state index contributed by atoms with van der Waals surface area (Å²) in [6.45, 7) is 2.01. The number of hydrogen-bond acceptors (Lipinski definition) is 2. The maximum Gasteiger partial charge on any atom is 0.168 e. The molecule has 100 valence electrons. The number of aryl methyl sites for hydroxylation is 2. The molecule has 0 aliphatic heterocycles. The highest BCUT2D eigenvalue weighted by Gasteiger charge is 2.16. The molecule has 0 saturated heterocycles. The van der Waals surface area contributed by atoms with Crippen LogP contribution in [0.1, 0.15) is 28.7 Å². The van der Waals surface area contributed by atoms with Gasteiger partial charge in [-0.05, 0) is 34.5 Å². The Morgan fingerprint density at radius 2 is 2.21 bits per heavy atom. The summed E-state index contributed by atoms with van der Waals surface area (Å²) in [4.78, 5) is 12.1. The van der Waals surface area contributed by atoms with Crippen LogP contribution in [0.15, 0.2) is 28.7 Å². The first kappa shape index (κ1) is 13.9. The normalized spacial score (nSPS) is 10.7. The molecule has 0 amide bonds. The van der Waals surface area contributed by atoms with Gasteiger partial charge in [0.05, 0.1) is 22.3 Å². The van der Waals surface area contributed by atoms with Gasteiger partial charge >= 0.3 is 0 Å². The van der Waals surface area contributed by atoms with Crippen molar-refractivity contribution in [1.29, 1.82) is 0 Å². The minimum absolute atomic E-state index is 0.120. The fourth-order valence-electron chi connectivity index (χ4n) is 1.93. The molecule has 5 heteroatoms. The van der Waals surface area contributed by atoms with Crippen LogP contribution in [-0.2, 0) is 19.9 Å². The van der Waals surface area contributed by atoms with Crippen molar-refractivity contribution in [2.24, 2.45) is 7.05 Å². The van der Waals surface area contributed by atoms with Gasteiger partial charge in [0, 0.05) is 12.6 Å². The van der Waals surface area contributed by atoms with Crippen molar-refractivity contribution >= 4 is 21.7 Å². The Bertz CT molecular complexity index is 622. The number of carbonyl (C=O) groups excluding carboxylic acids is 1. The fraction of sp³-hybridized carbons (Fsp3) is 0.286. The molecular formula is C14H14BrFN2O. The lowest BCUT2D eigenvalue weighted by Gasteiger charge is -2.03. The molecule has 0 aliphatic rings. The Hall–Kier alpha value is -1.49. The van der Waals surface area contributed by atoms with Gasteiger partial charge in [0.1, 0.15) is 5.82 Å². The van der Waals surface area contributed by atoms with E-state index in [1.165, 1.54) is 12.1 Å². The molecule has 0 N–H and O–H groups in total. The summed E-state index contributed by atoms with van der Waals surface area (Å²) in [5.41, 5.74) is 2.11. The number of benzene rings is 1. The number of rotatable bonds is 4. The second kappa shape index (κ2) is 5.65. The summed E-state index contributed by atoms with van der Waals surface area (Å²) >= 11 is 3.47. The zero-order chi connectivity index (χ0) is 14.0. The Labute approximate surface area is 119 Å². The Morgan fingerprint density at radius 3 is 2.79 bits per heavy atom. The van der Waals surface area contributed by atoms with Gasteiger partial charge < -0.3 is 0 Å². The van der Waals surface area contributed by atoms with Gasteiger partial charge in [0.25, 0.3) is 0 Å². The number of nitrogens with zero attached hydrogens (tertiary/aromatic N) is 2. The molecule has 3 nitrogen and oxygen atoms in total. The third-order valence-electron chi connectivity index (χ3n) is 2.98. The van der Waals surface area contributed by atoms with E-state index < -0.39 is 5.82 Å². The number of Topliss-reactive ketones (excluding diaryl/α,β-unsaturated/α-hetero) is 1. The number of halogens is 2. The molecule has 0 spiro atoms. The van der Waals surface area contributed by atoms with E-state index >= 15 is 0 Å². The van der Waals surface area contributed by atoms with Crippen molar-refractivity contribution in [2.75, 3.05) is 0 Å². The van der Waals surface area contributed by atoms with Gasteiger partial charge in [-0.2, -0.15) is 5.10 Å². The van der Waals surface area contributed by atoms with Crippen LogP contribution in [0.25, 0.3) is 0 Å². The van der Waals surface area contributed by atoms with Gasteiger partial charge in [-0.15, -0.1) is 0 Å². The van der Waals surface area contributed by atoms with E-state index in [-0.39, 0.29) is 12.2 Å². The third kappa shape index (κ3) is 2.92. The van der Waals surface area contributed by atoms with Crippen LogP contribution in [0.5, 0.6) is 0 Å². The zero-order valence-electron chi connectivity index (χ0n) is 10.8. The highest BCUT2D eigenvalue weighted by Crippen LogP contribution is 2.23. The highest BCUT2D eigenvalue weighted by atomic mass is 79.9. The molecule has 0 atom stereocenters. The smallest absolute Gasteiger partial charge is 0.168 e. The number of aromatic nitrogens is 2. The topological polar surface area (TPSA) is 34.9 Å². The molecule has 0 aliphatic carbocycles. The second-order valence-corrected chi connectivity index (χ2v) is 5.09. The molecule has 0 saturated carbocycles. The standard InChI is InChI=1S/C14H14BrFN2O/c1-3-11-14(15)12(18(2)17-11)8-13(19)9-5-4-6-10(16)7-9/h4-7H,3,8H2,1-2H3. The monoisotopic (exact) mass is 324 g/mol. The van der Waals surface area contributed by atoms with E-state index in [2.05, 4.69) is 21.0 Å². The molecule has 0 unspecified atom stereocenters. The van der Waals surface area contributed by atoms with Crippen molar-refractivity contribution in [3.63, 3.8) is 0 Å². The molecule has 19 heavy (non-hydrogen) atoms. The van der Waals surface area contributed by atoms with Gasteiger partial charge in [-0.3, -0.25) is 9.48 Å². The highest BCUT2D eigenvalue weighted by molar-refractivity contribution is 9.10. The lowest BCUT2D eigenvalue weighted by atomic mass is 10.1. The molecule has 2 aromatic rings. The van der Waals surface area contributed by atoms with Gasteiger partial charge in [0.15, 0.2) is 5.78 Å². The van der Waals surface area contributed by atoms with E-state index in [0.717, 1.165) is 22.3 Å². The Balaban J connectivity index is 2.27. The Morgan fingerprint density at radius 1 is 1.47 bits per heavy atom. The summed E-state index contributed by atoms with van der Waals surface area (Å²) in [5.74, 6) is -0.518. The average molecular weight is 325 g/mol. The molecule has 0 bridgehead atoms. The van der Waals surface area contributed by atoms with E-state index in [9.17, 15) is 9.18 Å². The average Bonchev–Trinajstić information content (AvgIpc) is 2.66. The summed E-state index contributed by atoms with van der Waals surface area (Å²) in [6, 6.07) is 5.74. The number of ketones is 1. The molecule has 1 aromatic heterocycles. The number of hydrogen-bond donors (Lipinski definition) is 0. The van der Waals surface area contributed by atoms with E-state index in [0.29, 0.717) is 5.56 Å². The summed E-state index contributed by atoms with van der Waals surface area (Å²) < 4.78 is 15.7. The number of carbonyl (C=O) groups is 1. The van der Waals surface area contributed by atoms with Crippen LogP contribution in [-0.4, -0.2) is 15.6 Å². The minimum Gasteiger partial charge on any atom is -0.294 e. The lowest BCUT2D eigenvalue weighted by molar-refractivity contribution is 0.0990. The van der Waals surface area contributed by atoms with Crippen LogP contribution in [0.4, 0.5) is 4.39 Å². The zero-order valence-corrected chi connectivity index (χ0v) is 12.4. The van der Waals surface area contributed by atoms with Crippen molar-refractivity contribution in [3.8, 4) is 0 Å². The van der Waals surface area contributed by atoms with Crippen molar-refractivity contribution < 1.29 is 9.18 Å². The van der Waals surface area contributed by atoms with Crippen LogP contribution in [0, 0.1) is 5.82 Å². The molecule has 0 radical (unpaired) electrons. The first-order chi connectivity index (χ1) is 9.02. The SMILES string of the molecule is CCc1nn(C)c(CC(=O)c2cccc(F)c2)c1Br. The predicted molar refractivity (Wildman–Crippen MR) is 74.7 cm³/mol. The molecule has 2 rings (SSSR count). The molecule has 1 heterocycles. The van der Waals surface area contributed by atoms with Crippen LogP contribution >= 0.6 is 15.9 Å². The van der Waals surface area contributed by atoms with Crippen LogP contribution in [0.3, 0.4) is 0 Å². The molecular weight excluding hydrogens is 311 g/mol. The predicted octanol–water partition coefficient (Wildman–Crippen LogP) is 3.31. The summed E-state index contributed by atoms with van der Waals surface area (Å²) in [7, 11) is 1.80. The van der Waals surface area contributed by atoms with Gasteiger partial charge in [-0.25, -0.2) is 4.39 Å². The first-order valence-electron chi connectivity index (χ1n) is 6.02. The maximum absolute atomic E-state index is 13.1. The maximum atomic E-state index is 13.1. The van der Waals surface area contributed by atoms with Gasteiger partial charge in [-0.1, -0.05) is 19.1 Å². The van der Waals surface area contributed by atoms with Crippen LogP contribution in [0.2, 0.25) is 0 Å². The van der Waals surface area contributed by atoms with Crippen molar-refractivity contribution in [1.82, 2.24) is 9.78 Å². The van der Waals surface area contributed by atoms with Crippen LogP contribution < -0.4 is 0 Å². The van der Waals surface area contributed by atoms with Crippen molar-refractivity contribution in [2.45, 2.75) is 19.8 Å². The van der Waals surface area contributed by atoms with Crippen molar-refractivity contribution in [3.05, 3.63) is 51.5 Å². The quantitative estimate of drug-likeness (QED) is 0.809. The lowest BCUT2D eigenvalue weighted by Crippen LogP contribution is -2.08.